The van der Waals surface area contributed by atoms with E-state index in [0.717, 1.165) is 12.0 Å². The fraction of sp³-hybridized carbons (Fsp3) is 0.304. The topological polar surface area (TPSA) is 53.8 Å². The maximum absolute atomic E-state index is 14.0. The van der Waals surface area contributed by atoms with E-state index in [9.17, 15) is 14.0 Å². The van der Waals surface area contributed by atoms with Crippen molar-refractivity contribution in [1.29, 1.82) is 0 Å². The molecule has 0 fully saturated rings. The molecule has 0 N–H and O–H groups in total. The fourth-order valence-electron chi connectivity index (χ4n) is 3.85. The van der Waals surface area contributed by atoms with Crippen LogP contribution < -0.4 is 5.43 Å². The summed E-state index contributed by atoms with van der Waals surface area (Å²) in [6.45, 7) is 3.02. The number of carbonyl (C=O) groups excluding carboxylic acids is 1. The molecule has 6 heteroatoms. The van der Waals surface area contributed by atoms with Crippen LogP contribution in [0.3, 0.4) is 0 Å². The lowest BCUT2D eigenvalue weighted by molar-refractivity contribution is 0.0716. The second kappa shape index (κ2) is 7.44. The summed E-state index contributed by atoms with van der Waals surface area (Å²) in [5, 5.41) is 0.451. The number of amides is 1. The lowest BCUT2D eigenvalue weighted by atomic mass is 9.98. The number of rotatable bonds is 5. The van der Waals surface area contributed by atoms with E-state index in [1.807, 2.05) is 38.1 Å². The molecule has 1 atom stereocenters. The molecule has 0 radical (unpaired) electrons. The first-order chi connectivity index (χ1) is 13.9. The van der Waals surface area contributed by atoms with Crippen molar-refractivity contribution in [3.63, 3.8) is 0 Å². The number of benzene rings is 2. The maximum atomic E-state index is 14.0. The van der Waals surface area contributed by atoms with Crippen LogP contribution >= 0.6 is 0 Å². The van der Waals surface area contributed by atoms with Gasteiger partial charge in [0.25, 0.3) is 5.91 Å². The van der Waals surface area contributed by atoms with Crippen molar-refractivity contribution in [1.82, 2.24) is 9.80 Å². The van der Waals surface area contributed by atoms with E-state index >= 15 is 0 Å². The van der Waals surface area contributed by atoms with Crippen LogP contribution in [-0.4, -0.2) is 42.9 Å². The standard InChI is InChI=1S/C23H23FN2O3/c1-4-14-8-9-18-17(12-14)21(27)19-20(15-6-5-7-16(24)13-15)26(11-10-25(2)3)23(28)22(19)29-18/h5-9,12-13,20H,4,10-11H2,1-3H3. The van der Waals surface area contributed by atoms with Crippen LogP contribution in [0.25, 0.3) is 11.0 Å². The zero-order chi connectivity index (χ0) is 20.7. The first-order valence-electron chi connectivity index (χ1n) is 9.71. The molecule has 0 saturated carbocycles. The molecule has 2 aromatic carbocycles. The second-order valence-corrected chi connectivity index (χ2v) is 7.62. The Labute approximate surface area is 168 Å². The zero-order valence-electron chi connectivity index (χ0n) is 16.7. The number of halogens is 1. The molecule has 5 nitrogen and oxygen atoms in total. The Bertz CT molecular complexity index is 1150. The van der Waals surface area contributed by atoms with E-state index in [2.05, 4.69) is 0 Å². The van der Waals surface area contributed by atoms with Crippen LogP contribution in [-0.2, 0) is 6.42 Å². The Morgan fingerprint density at radius 2 is 1.93 bits per heavy atom. The lowest BCUT2D eigenvalue weighted by Gasteiger charge is -2.26. The summed E-state index contributed by atoms with van der Waals surface area (Å²) in [6.07, 6.45) is 0.785. The highest BCUT2D eigenvalue weighted by Gasteiger charge is 2.42. The van der Waals surface area contributed by atoms with Crippen molar-refractivity contribution < 1.29 is 13.6 Å². The van der Waals surface area contributed by atoms with Gasteiger partial charge in [-0.2, -0.15) is 0 Å². The summed E-state index contributed by atoms with van der Waals surface area (Å²) >= 11 is 0. The summed E-state index contributed by atoms with van der Waals surface area (Å²) in [4.78, 5) is 30.2. The minimum atomic E-state index is -0.668. The van der Waals surface area contributed by atoms with Gasteiger partial charge in [0.2, 0.25) is 5.76 Å². The van der Waals surface area contributed by atoms with E-state index in [1.165, 1.54) is 12.1 Å². The molecule has 1 amide bonds. The molecular weight excluding hydrogens is 371 g/mol. The fourth-order valence-corrected chi connectivity index (χ4v) is 3.85. The van der Waals surface area contributed by atoms with Gasteiger partial charge in [0.1, 0.15) is 11.4 Å². The van der Waals surface area contributed by atoms with Crippen molar-refractivity contribution >= 4 is 16.9 Å². The number of hydrogen-bond acceptors (Lipinski definition) is 4. The van der Waals surface area contributed by atoms with Crippen LogP contribution in [0.4, 0.5) is 4.39 Å². The van der Waals surface area contributed by atoms with E-state index in [1.54, 1.807) is 23.1 Å². The maximum Gasteiger partial charge on any atom is 0.290 e. The molecule has 0 saturated heterocycles. The molecule has 1 aromatic heterocycles. The third-order valence-electron chi connectivity index (χ3n) is 5.39. The molecule has 3 aromatic rings. The molecule has 1 unspecified atom stereocenters. The normalized spacial score (nSPS) is 16.1. The van der Waals surface area contributed by atoms with Gasteiger partial charge >= 0.3 is 0 Å². The van der Waals surface area contributed by atoms with Crippen molar-refractivity contribution in [3.8, 4) is 0 Å². The van der Waals surface area contributed by atoms with Gasteiger partial charge in [-0.3, -0.25) is 9.59 Å². The van der Waals surface area contributed by atoms with Crippen LogP contribution in [0, 0.1) is 5.82 Å². The van der Waals surface area contributed by atoms with Crippen molar-refractivity contribution in [2.45, 2.75) is 19.4 Å². The van der Waals surface area contributed by atoms with Crippen molar-refractivity contribution in [2.24, 2.45) is 0 Å². The molecule has 0 spiro atoms. The van der Waals surface area contributed by atoms with Gasteiger partial charge in [-0.05, 0) is 55.9 Å². The SMILES string of the molecule is CCc1ccc2oc3c(c(=O)c2c1)C(c1cccc(F)c1)N(CCN(C)C)C3=O. The van der Waals surface area contributed by atoms with Gasteiger partial charge in [-0.1, -0.05) is 25.1 Å². The number of aryl methyl sites for hydroxylation is 1. The van der Waals surface area contributed by atoms with E-state index < -0.39 is 11.9 Å². The average Bonchev–Trinajstić information content (AvgIpc) is 2.98. The molecule has 2 heterocycles. The summed E-state index contributed by atoms with van der Waals surface area (Å²) in [5.74, 6) is -0.691. The summed E-state index contributed by atoms with van der Waals surface area (Å²) in [7, 11) is 3.82. The molecule has 4 rings (SSSR count). The van der Waals surface area contributed by atoms with Gasteiger partial charge in [-0.25, -0.2) is 4.39 Å². The third-order valence-corrected chi connectivity index (χ3v) is 5.39. The van der Waals surface area contributed by atoms with Crippen LogP contribution in [0.2, 0.25) is 0 Å². The van der Waals surface area contributed by atoms with Crippen LogP contribution in [0.1, 0.15) is 40.2 Å². The Morgan fingerprint density at radius 3 is 2.62 bits per heavy atom. The van der Waals surface area contributed by atoms with Gasteiger partial charge < -0.3 is 14.2 Å². The van der Waals surface area contributed by atoms with E-state index in [4.69, 9.17) is 4.42 Å². The monoisotopic (exact) mass is 394 g/mol. The van der Waals surface area contributed by atoms with Gasteiger partial charge in [0, 0.05) is 13.1 Å². The lowest BCUT2D eigenvalue weighted by Crippen LogP contribution is -2.35. The number of fused-ring (bicyclic) bond motifs is 2. The first-order valence-corrected chi connectivity index (χ1v) is 9.71. The van der Waals surface area contributed by atoms with E-state index in [0.29, 0.717) is 35.2 Å². The van der Waals surface area contributed by atoms with Gasteiger partial charge in [0.15, 0.2) is 5.43 Å². The Morgan fingerprint density at radius 1 is 1.14 bits per heavy atom. The Kier molecular flexibility index (Phi) is 4.96. The predicted octanol–water partition coefficient (Wildman–Crippen LogP) is 3.60. The largest absolute Gasteiger partial charge is 0.450 e. The van der Waals surface area contributed by atoms with Crippen molar-refractivity contribution in [2.75, 3.05) is 27.2 Å². The number of hydrogen-bond donors (Lipinski definition) is 0. The van der Waals surface area contributed by atoms with Gasteiger partial charge in [0.05, 0.1) is 17.0 Å². The molecule has 0 bridgehead atoms. The molecule has 150 valence electrons. The molecule has 1 aliphatic rings. The quantitative estimate of drug-likeness (QED) is 0.664. The Hall–Kier alpha value is -2.99. The van der Waals surface area contributed by atoms with Crippen LogP contribution in [0.5, 0.6) is 0 Å². The summed E-state index contributed by atoms with van der Waals surface area (Å²) < 4.78 is 19.9. The zero-order valence-corrected chi connectivity index (χ0v) is 16.7. The van der Waals surface area contributed by atoms with Crippen LogP contribution in [0.15, 0.2) is 51.7 Å². The summed E-state index contributed by atoms with van der Waals surface area (Å²) in [5.41, 5.74) is 2.04. The smallest absolute Gasteiger partial charge is 0.290 e. The molecular formula is C23H23FN2O3. The second-order valence-electron chi connectivity index (χ2n) is 7.62. The minimum Gasteiger partial charge on any atom is -0.450 e. The highest BCUT2D eigenvalue weighted by Crippen LogP contribution is 2.38. The highest BCUT2D eigenvalue weighted by atomic mass is 19.1. The minimum absolute atomic E-state index is 0.0553. The first kappa shape index (κ1) is 19.3. The van der Waals surface area contributed by atoms with E-state index in [-0.39, 0.29) is 17.1 Å². The average molecular weight is 394 g/mol. The molecule has 1 aliphatic heterocycles. The number of likely N-dealkylation sites (N-methyl/N-ethyl adjacent to an activating group) is 1. The predicted molar refractivity (Wildman–Crippen MR) is 110 cm³/mol. The summed E-state index contributed by atoms with van der Waals surface area (Å²) in [6, 6.07) is 10.8. The highest BCUT2D eigenvalue weighted by molar-refractivity contribution is 5.99. The Balaban J connectivity index is 1.95. The number of nitrogens with zero attached hydrogens (tertiary/aromatic N) is 2. The van der Waals surface area contributed by atoms with Gasteiger partial charge in [-0.15, -0.1) is 0 Å². The molecule has 29 heavy (non-hydrogen) atoms. The molecule has 0 aliphatic carbocycles. The number of carbonyl (C=O) groups is 1. The third kappa shape index (κ3) is 3.34. The van der Waals surface area contributed by atoms with Crippen molar-refractivity contribution in [3.05, 3.63) is 81.0 Å².